The first-order valence-electron chi connectivity index (χ1n) is 10.8. The summed E-state index contributed by atoms with van der Waals surface area (Å²) in [6, 6.07) is 13.1. The van der Waals surface area contributed by atoms with E-state index in [4.69, 9.17) is 0 Å². The summed E-state index contributed by atoms with van der Waals surface area (Å²) in [5, 5.41) is 3.20. The van der Waals surface area contributed by atoms with E-state index in [9.17, 15) is 19.2 Å². The summed E-state index contributed by atoms with van der Waals surface area (Å²) >= 11 is 0. The van der Waals surface area contributed by atoms with Crippen LogP contribution in [-0.4, -0.2) is 51.9 Å². The highest BCUT2D eigenvalue weighted by Gasteiger charge is 2.17. The highest BCUT2D eigenvalue weighted by Crippen LogP contribution is 2.12. The first kappa shape index (κ1) is 21.7. The van der Waals surface area contributed by atoms with Crippen LogP contribution >= 0.6 is 0 Å². The molecule has 1 amide bonds. The molecule has 8 heteroatoms. The average Bonchev–Trinajstić information content (AvgIpc) is 3.30. The van der Waals surface area contributed by atoms with Gasteiger partial charge < -0.3 is 10.2 Å². The Morgan fingerprint density at radius 3 is 2.50 bits per heavy atom. The molecular formula is C24H26N4O4. The molecule has 2 aromatic carbocycles. The first-order chi connectivity index (χ1) is 15.5. The number of amides is 1. The van der Waals surface area contributed by atoms with Crippen molar-refractivity contribution in [2.75, 3.05) is 26.2 Å². The molecule has 32 heavy (non-hydrogen) atoms. The highest BCUT2D eigenvalue weighted by atomic mass is 16.2. The normalized spacial score (nSPS) is 14.0. The van der Waals surface area contributed by atoms with E-state index in [1.54, 1.807) is 42.5 Å². The fourth-order valence-corrected chi connectivity index (χ4v) is 4.12. The number of nitrogens with zero attached hydrogens (tertiary/aromatic N) is 3. The van der Waals surface area contributed by atoms with Crippen molar-refractivity contribution in [2.24, 2.45) is 0 Å². The van der Waals surface area contributed by atoms with Crippen LogP contribution in [0.3, 0.4) is 0 Å². The molecule has 0 spiro atoms. The largest absolute Gasteiger partial charge is 0.353 e. The third-order valence-corrected chi connectivity index (χ3v) is 5.81. The molecule has 4 rings (SSSR count). The van der Waals surface area contributed by atoms with Gasteiger partial charge in [0.2, 0.25) is 5.91 Å². The molecule has 0 bridgehead atoms. The molecule has 8 nitrogen and oxygen atoms in total. The Labute approximate surface area is 185 Å². The van der Waals surface area contributed by atoms with Crippen molar-refractivity contribution >= 4 is 22.6 Å². The van der Waals surface area contributed by atoms with Crippen molar-refractivity contribution in [3.05, 3.63) is 74.9 Å². The van der Waals surface area contributed by atoms with Crippen LogP contribution in [0.2, 0.25) is 0 Å². The van der Waals surface area contributed by atoms with E-state index in [-0.39, 0.29) is 18.2 Å². The molecule has 1 aliphatic rings. The zero-order chi connectivity index (χ0) is 22.7. The zero-order valence-corrected chi connectivity index (χ0v) is 18.0. The van der Waals surface area contributed by atoms with Gasteiger partial charge in [-0.3, -0.25) is 19.0 Å². The van der Waals surface area contributed by atoms with E-state index < -0.39 is 11.2 Å². The molecule has 0 atom stereocenters. The molecule has 2 heterocycles. The number of carbonyl (C=O) groups is 2. The van der Waals surface area contributed by atoms with Gasteiger partial charge in [0, 0.05) is 18.7 Å². The number of fused-ring (bicyclic) bond motifs is 1. The van der Waals surface area contributed by atoms with Crippen molar-refractivity contribution in [1.82, 2.24) is 19.4 Å². The number of hydrogen-bond acceptors (Lipinski definition) is 5. The highest BCUT2D eigenvalue weighted by molar-refractivity contribution is 5.94. The van der Waals surface area contributed by atoms with E-state index in [1.807, 2.05) is 0 Å². The van der Waals surface area contributed by atoms with Gasteiger partial charge in [0.05, 0.1) is 16.6 Å². The summed E-state index contributed by atoms with van der Waals surface area (Å²) in [5.74, 6) is -0.461. The van der Waals surface area contributed by atoms with Gasteiger partial charge in [0.1, 0.15) is 6.54 Å². The maximum Gasteiger partial charge on any atom is 0.336 e. The molecule has 0 radical (unpaired) electrons. The minimum absolute atomic E-state index is 0.168. The van der Waals surface area contributed by atoms with Crippen molar-refractivity contribution in [3.63, 3.8) is 0 Å². The van der Waals surface area contributed by atoms with Crippen LogP contribution in [0.1, 0.15) is 30.1 Å². The number of aromatic nitrogens is 2. The Balaban J connectivity index is 1.70. The lowest BCUT2D eigenvalue weighted by Crippen LogP contribution is -2.42. The Morgan fingerprint density at radius 2 is 1.75 bits per heavy atom. The summed E-state index contributed by atoms with van der Waals surface area (Å²) in [7, 11) is 0. The third kappa shape index (κ3) is 4.40. The monoisotopic (exact) mass is 434 g/mol. The maximum absolute atomic E-state index is 13.4. The average molecular weight is 434 g/mol. The van der Waals surface area contributed by atoms with Gasteiger partial charge in [-0.15, -0.1) is 0 Å². The Kier molecular flexibility index (Phi) is 6.32. The molecule has 1 aromatic heterocycles. The van der Waals surface area contributed by atoms with Crippen LogP contribution < -0.4 is 16.6 Å². The molecule has 3 aromatic rings. The number of para-hydroxylation sites is 1. The summed E-state index contributed by atoms with van der Waals surface area (Å²) in [4.78, 5) is 53.2. The van der Waals surface area contributed by atoms with E-state index >= 15 is 0 Å². The molecular weight excluding hydrogens is 408 g/mol. The maximum atomic E-state index is 13.4. The van der Waals surface area contributed by atoms with Crippen LogP contribution in [0, 0.1) is 0 Å². The van der Waals surface area contributed by atoms with E-state index in [1.165, 1.54) is 30.4 Å². The number of rotatable bonds is 7. The number of likely N-dealkylation sites (tertiary alicyclic amines) is 1. The van der Waals surface area contributed by atoms with E-state index in [0.29, 0.717) is 28.7 Å². The van der Waals surface area contributed by atoms with Gasteiger partial charge in [-0.2, -0.15) is 0 Å². The van der Waals surface area contributed by atoms with Crippen molar-refractivity contribution in [1.29, 1.82) is 0 Å². The van der Waals surface area contributed by atoms with E-state index in [0.717, 1.165) is 24.2 Å². The number of carbonyl (C=O) groups excluding carboxylic acids is 2. The number of ketones is 1. The minimum atomic E-state index is -0.621. The van der Waals surface area contributed by atoms with Crippen LogP contribution in [0.4, 0.5) is 0 Å². The lowest BCUT2D eigenvalue weighted by atomic mass is 10.1. The van der Waals surface area contributed by atoms with Gasteiger partial charge in [0.25, 0.3) is 5.56 Å². The van der Waals surface area contributed by atoms with Gasteiger partial charge >= 0.3 is 5.69 Å². The summed E-state index contributed by atoms with van der Waals surface area (Å²) < 4.78 is 2.33. The second kappa shape index (κ2) is 9.32. The lowest BCUT2D eigenvalue weighted by molar-refractivity contribution is -0.121. The number of benzene rings is 2. The fraction of sp³-hybridized carbons (Fsp3) is 0.333. The molecule has 0 unspecified atom stereocenters. The zero-order valence-electron chi connectivity index (χ0n) is 18.0. The molecule has 1 aliphatic heterocycles. The SMILES string of the molecule is CC(=O)c1cccc(-n2c(=O)c3ccccc3n(CC(=O)NCCN3CCCC3)c2=O)c1. The number of Topliss-reactive ketones (excluding diaryl/α,β-unsaturated/α-hetero) is 1. The van der Waals surface area contributed by atoms with Gasteiger partial charge in [0.15, 0.2) is 5.78 Å². The first-order valence-corrected chi connectivity index (χ1v) is 10.8. The number of hydrogen-bond donors (Lipinski definition) is 1. The van der Waals surface area contributed by atoms with Crippen molar-refractivity contribution < 1.29 is 9.59 Å². The van der Waals surface area contributed by atoms with Crippen molar-refractivity contribution in [2.45, 2.75) is 26.3 Å². The molecule has 0 aliphatic carbocycles. The Hall–Kier alpha value is -3.52. The Morgan fingerprint density at radius 1 is 1.00 bits per heavy atom. The molecule has 1 N–H and O–H groups in total. The predicted octanol–water partition coefficient (Wildman–Crippen LogP) is 1.57. The van der Waals surface area contributed by atoms with Gasteiger partial charge in [-0.1, -0.05) is 24.3 Å². The standard InChI is InChI=1S/C24H26N4O4/c1-17(29)18-7-6-8-19(15-18)28-23(31)20-9-2-3-10-21(20)27(24(28)32)16-22(30)25-11-14-26-12-4-5-13-26/h2-3,6-10,15H,4-5,11-14,16H2,1H3,(H,25,30). The van der Waals surface area contributed by atoms with Crippen LogP contribution in [-0.2, 0) is 11.3 Å². The quantitative estimate of drug-likeness (QED) is 0.570. The van der Waals surface area contributed by atoms with Gasteiger partial charge in [-0.25, -0.2) is 9.36 Å². The fourth-order valence-electron chi connectivity index (χ4n) is 4.12. The molecule has 1 fully saturated rings. The second-order valence-corrected chi connectivity index (χ2v) is 8.03. The molecule has 1 saturated heterocycles. The molecule has 166 valence electrons. The smallest absolute Gasteiger partial charge is 0.336 e. The van der Waals surface area contributed by atoms with Crippen LogP contribution in [0.15, 0.2) is 58.1 Å². The van der Waals surface area contributed by atoms with Crippen LogP contribution in [0.5, 0.6) is 0 Å². The summed E-state index contributed by atoms with van der Waals surface area (Å²) in [5.41, 5.74) is -0.0212. The van der Waals surface area contributed by atoms with E-state index in [2.05, 4.69) is 10.2 Å². The topological polar surface area (TPSA) is 93.4 Å². The lowest BCUT2D eigenvalue weighted by Gasteiger charge is -2.16. The minimum Gasteiger partial charge on any atom is -0.353 e. The Bertz CT molecular complexity index is 1290. The molecule has 0 saturated carbocycles. The summed E-state index contributed by atoms with van der Waals surface area (Å²) in [6.45, 7) is 4.60. The van der Waals surface area contributed by atoms with Gasteiger partial charge in [-0.05, 0) is 57.1 Å². The number of nitrogens with one attached hydrogen (secondary N) is 1. The summed E-state index contributed by atoms with van der Waals surface area (Å²) in [6.07, 6.45) is 2.36. The third-order valence-electron chi connectivity index (χ3n) is 5.81. The second-order valence-electron chi connectivity index (χ2n) is 8.03. The predicted molar refractivity (Wildman–Crippen MR) is 122 cm³/mol. The van der Waals surface area contributed by atoms with Crippen LogP contribution in [0.25, 0.3) is 16.6 Å². The van der Waals surface area contributed by atoms with Crippen molar-refractivity contribution in [3.8, 4) is 5.69 Å².